The lowest BCUT2D eigenvalue weighted by Crippen LogP contribution is -1.96. The Balaban J connectivity index is 1.78. The molecule has 0 spiro atoms. The van der Waals surface area contributed by atoms with E-state index in [1.165, 1.54) is 0 Å². The SMILES string of the molecule is CCOc1ccc(-c2csc3ncnc(Nc4ccccc4Cl)c23)cc1. The van der Waals surface area contributed by atoms with Crippen molar-refractivity contribution in [3.8, 4) is 16.9 Å². The largest absolute Gasteiger partial charge is 0.494 e. The second-order valence-electron chi connectivity index (χ2n) is 5.61. The predicted molar refractivity (Wildman–Crippen MR) is 109 cm³/mol. The molecule has 0 fully saturated rings. The van der Waals surface area contributed by atoms with E-state index in [9.17, 15) is 0 Å². The van der Waals surface area contributed by atoms with Gasteiger partial charge in [0.15, 0.2) is 0 Å². The van der Waals surface area contributed by atoms with Crippen molar-refractivity contribution in [2.24, 2.45) is 0 Å². The van der Waals surface area contributed by atoms with Crippen LogP contribution in [0, 0.1) is 0 Å². The number of nitrogens with one attached hydrogen (secondary N) is 1. The van der Waals surface area contributed by atoms with E-state index < -0.39 is 0 Å². The highest BCUT2D eigenvalue weighted by atomic mass is 35.5. The van der Waals surface area contributed by atoms with Crippen LogP contribution in [0.3, 0.4) is 0 Å². The fourth-order valence-corrected chi connectivity index (χ4v) is 3.87. The molecule has 0 aliphatic heterocycles. The molecule has 6 heteroatoms. The molecule has 0 aliphatic carbocycles. The highest BCUT2D eigenvalue weighted by Gasteiger charge is 2.14. The van der Waals surface area contributed by atoms with E-state index in [-0.39, 0.29) is 0 Å². The maximum Gasteiger partial charge on any atom is 0.143 e. The van der Waals surface area contributed by atoms with Crippen LogP contribution in [0.25, 0.3) is 21.3 Å². The van der Waals surface area contributed by atoms with Crippen molar-refractivity contribution in [1.29, 1.82) is 0 Å². The van der Waals surface area contributed by atoms with Gasteiger partial charge in [-0.15, -0.1) is 11.3 Å². The summed E-state index contributed by atoms with van der Waals surface area (Å²) in [4.78, 5) is 9.79. The molecule has 0 saturated carbocycles. The van der Waals surface area contributed by atoms with Crippen LogP contribution in [0.1, 0.15) is 6.92 Å². The lowest BCUT2D eigenvalue weighted by Gasteiger charge is -2.10. The predicted octanol–water partition coefficient (Wildman–Crippen LogP) is 6.15. The standard InChI is InChI=1S/C20H16ClN3OS/c1-2-25-14-9-7-13(8-10-14)15-11-26-20-18(15)19(22-12-23-20)24-17-6-4-3-5-16(17)21/h3-12H,2H2,1H3,(H,22,23,24). The number of thiophene rings is 1. The van der Waals surface area contributed by atoms with Crippen molar-refractivity contribution in [2.75, 3.05) is 11.9 Å². The van der Waals surface area contributed by atoms with Crippen LogP contribution in [0.15, 0.2) is 60.2 Å². The van der Waals surface area contributed by atoms with Gasteiger partial charge in [-0.2, -0.15) is 0 Å². The van der Waals surface area contributed by atoms with Gasteiger partial charge in [0, 0.05) is 10.9 Å². The molecule has 2 aromatic heterocycles. The Hall–Kier alpha value is -2.63. The Morgan fingerprint density at radius 3 is 2.65 bits per heavy atom. The first-order valence-electron chi connectivity index (χ1n) is 8.23. The molecule has 0 bridgehead atoms. The smallest absolute Gasteiger partial charge is 0.143 e. The van der Waals surface area contributed by atoms with E-state index in [1.54, 1.807) is 17.7 Å². The third-order valence-corrected chi connectivity index (χ3v) is 5.19. The molecular weight excluding hydrogens is 366 g/mol. The molecule has 130 valence electrons. The number of rotatable bonds is 5. The number of hydrogen-bond acceptors (Lipinski definition) is 5. The van der Waals surface area contributed by atoms with Crippen LogP contribution in [0.2, 0.25) is 5.02 Å². The number of anilines is 2. The minimum absolute atomic E-state index is 0.650. The second kappa shape index (κ2) is 7.32. The van der Waals surface area contributed by atoms with Gasteiger partial charge in [-0.1, -0.05) is 35.9 Å². The Labute approximate surface area is 160 Å². The zero-order valence-electron chi connectivity index (χ0n) is 14.1. The zero-order valence-corrected chi connectivity index (χ0v) is 15.6. The van der Waals surface area contributed by atoms with E-state index >= 15 is 0 Å². The fourth-order valence-electron chi connectivity index (χ4n) is 2.77. The summed E-state index contributed by atoms with van der Waals surface area (Å²) >= 11 is 7.88. The number of para-hydroxylation sites is 1. The lowest BCUT2D eigenvalue weighted by molar-refractivity contribution is 0.340. The minimum atomic E-state index is 0.650. The van der Waals surface area contributed by atoms with Gasteiger partial charge < -0.3 is 10.1 Å². The Kier molecular flexibility index (Phi) is 4.73. The van der Waals surface area contributed by atoms with Crippen LogP contribution >= 0.6 is 22.9 Å². The van der Waals surface area contributed by atoms with Gasteiger partial charge in [-0.3, -0.25) is 0 Å². The summed E-state index contributed by atoms with van der Waals surface area (Å²) in [6, 6.07) is 15.7. The van der Waals surface area contributed by atoms with Crippen LogP contribution in [0.5, 0.6) is 5.75 Å². The topological polar surface area (TPSA) is 47.0 Å². The van der Waals surface area contributed by atoms with Gasteiger partial charge in [0.1, 0.15) is 22.7 Å². The van der Waals surface area contributed by atoms with E-state index in [0.717, 1.165) is 38.6 Å². The number of nitrogens with zero attached hydrogens (tertiary/aromatic N) is 2. The van der Waals surface area contributed by atoms with E-state index in [0.29, 0.717) is 11.6 Å². The first kappa shape index (κ1) is 16.8. The van der Waals surface area contributed by atoms with Gasteiger partial charge in [0.05, 0.1) is 22.7 Å². The van der Waals surface area contributed by atoms with Crippen molar-refractivity contribution in [2.45, 2.75) is 6.92 Å². The first-order valence-corrected chi connectivity index (χ1v) is 9.49. The Morgan fingerprint density at radius 2 is 1.88 bits per heavy atom. The van der Waals surface area contributed by atoms with Crippen molar-refractivity contribution >= 4 is 44.7 Å². The third-order valence-electron chi connectivity index (χ3n) is 3.97. The number of fused-ring (bicyclic) bond motifs is 1. The number of ether oxygens (including phenoxy) is 1. The molecule has 4 rings (SSSR count). The normalized spacial score (nSPS) is 10.8. The molecule has 1 N–H and O–H groups in total. The molecule has 2 aromatic carbocycles. The van der Waals surface area contributed by atoms with E-state index in [1.807, 2.05) is 43.3 Å². The number of aromatic nitrogens is 2. The van der Waals surface area contributed by atoms with Gasteiger partial charge in [0.25, 0.3) is 0 Å². The van der Waals surface area contributed by atoms with Crippen LogP contribution in [-0.2, 0) is 0 Å². The number of halogens is 1. The van der Waals surface area contributed by atoms with Gasteiger partial charge >= 0.3 is 0 Å². The summed E-state index contributed by atoms with van der Waals surface area (Å²) in [6.07, 6.45) is 1.57. The second-order valence-corrected chi connectivity index (χ2v) is 6.88. The van der Waals surface area contributed by atoms with E-state index in [2.05, 4.69) is 32.8 Å². The van der Waals surface area contributed by atoms with Crippen molar-refractivity contribution in [3.05, 3.63) is 65.3 Å². The average molecular weight is 382 g/mol. The molecule has 0 saturated heterocycles. The summed E-state index contributed by atoms with van der Waals surface area (Å²) in [7, 11) is 0. The minimum Gasteiger partial charge on any atom is -0.494 e. The highest BCUT2D eigenvalue weighted by molar-refractivity contribution is 7.17. The Morgan fingerprint density at radius 1 is 1.08 bits per heavy atom. The molecular formula is C20H16ClN3OS. The van der Waals surface area contributed by atoms with Crippen LogP contribution in [0.4, 0.5) is 11.5 Å². The molecule has 0 atom stereocenters. The zero-order chi connectivity index (χ0) is 17.9. The molecule has 0 radical (unpaired) electrons. The summed E-state index contributed by atoms with van der Waals surface area (Å²) in [6.45, 7) is 2.63. The molecule has 4 aromatic rings. The molecule has 4 nitrogen and oxygen atoms in total. The number of hydrogen-bond donors (Lipinski definition) is 1. The summed E-state index contributed by atoms with van der Waals surface area (Å²) in [5, 5.41) is 7.08. The lowest BCUT2D eigenvalue weighted by atomic mass is 10.1. The van der Waals surface area contributed by atoms with Gasteiger partial charge in [0.2, 0.25) is 0 Å². The van der Waals surface area contributed by atoms with Gasteiger partial charge in [-0.25, -0.2) is 9.97 Å². The number of benzene rings is 2. The van der Waals surface area contributed by atoms with Crippen molar-refractivity contribution < 1.29 is 4.74 Å². The molecule has 0 aliphatic rings. The highest BCUT2D eigenvalue weighted by Crippen LogP contribution is 2.38. The third kappa shape index (κ3) is 3.23. The maximum absolute atomic E-state index is 6.29. The molecule has 0 amide bonds. The molecule has 26 heavy (non-hydrogen) atoms. The summed E-state index contributed by atoms with van der Waals surface area (Å²) in [5.74, 6) is 1.61. The quantitative estimate of drug-likeness (QED) is 0.450. The van der Waals surface area contributed by atoms with Crippen molar-refractivity contribution in [1.82, 2.24) is 9.97 Å². The van der Waals surface area contributed by atoms with E-state index in [4.69, 9.17) is 16.3 Å². The monoisotopic (exact) mass is 381 g/mol. The molecule has 0 unspecified atom stereocenters. The Bertz CT molecular complexity index is 1050. The average Bonchev–Trinajstić information content (AvgIpc) is 3.10. The van der Waals surface area contributed by atoms with Gasteiger partial charge in [-0.05, 0) is 36.8 Å². The van der Waals surface area contributed by atoms with Crippen LogP contribution in [-0.4, -0.2) is 16.6 Å². The fraction of sp³-hybridized carbons (Fsp3) is 0.100. The molecule has 2 heterocycles. The first-order chi connectivity index (χ1) is 12.8. The summed E-state index contributed by atoms with van der Waals surface area (Å²) in [5.41, 5.74) is 3.00. The summed E-state index contributed by atoms with van der Waals surface area (Å²) < 4.78 is 5.53. The van der Waals surface area contributed by atoms with Crippen molar-refractivity contribution in [3.63, 3.8) is 0 Å². The maximum atomic E-state index is 6.29. The van der Waals surface area contributed by atoms with Crippen LogP contribution < -0.4 is 10.1 Å².